The van der Waals surface area contributed by atoms with Crippen LogP contribution in [0.5, 0.6) is 5.75 Å². The van der Waals surface area contributed by atoms with Gasteiger partial charge in [-0.15, -0.1) is 0 Å². The number of phenolic OH excluding ortho intramolecular Hbond substituents is 1. The third-order valence-corrected chi connectivity index (χ3v) is 7.06. The van der Waals surface area contributed by atoms with Crippen LogP contribution in [0.2, 0.25) is 0 Å². The van der Waals surface area contributed by atoms with Crippen LogP contribution in [0.25, 0.3) is 10.8 Å². The van der Waals surface area contributed by atoms with E-state index in [4.69, 9.17) is 0 Å². The minimum Gasteiger partial charge on any atom is -0.508 e. The van der Waals surface area contributed by atoms with Crippen molar-refractivity contribution in [3.05, 3.63) is 72.0 Å². The molecule has 3 aromatic carbocycles. The number of phenols is 1. The van der Waals surface area contributed by atoms with Gasteiger partial charge >= 0.3 is 0 Å². The molecule has 4 rings (SSSR count). The molecule has 0 unspecified atom stereocenters. The van der Waals surface area contributed by atoms with Crippen molar-refractivity contribution in [2.45, 2.75) is 11.4 Å². The maximum Gasteiger partial charge on any atom is 0.243 e. The first kappa shape index (κ1) is 18.9. The zero-order valence-electron chi connectivity index (χ0n) is 15.3. The number of aromatic hydroxyl groups is 1. The van der Waals surface area contributed by atoms with Gasteiger partial charge in [0.1, 0.15) is 11.6 Å². The Hall–Kier alpha value is -2.48. The van der Waals surface area contributed by atoms with E-state index < -0.39 is 15.8 Å². The van der Waals surface area contributed by atoms with E-state index in [1.165, 1.54) is 22.5 Å². The Morgan fingerprint density at radius 1 is 0.929 bits per heavy atom. The fourth-order valence-electron chi connectivity index (χ4n) is 3.62. The first-order valence-electron chi connectivity index (χ1n) is 9.13. The topological polar surface area (TPSA) is 60.9 Å². The zero-order chi connectivity index (χ0) is 19.7. The van der Waals surface area contributed by atoms with Gasteiger partial charge in [-0.3, -0.25) is 4.90 Å². The van der Waals surface area contributed by atoms with E-state index in [0.717, 1.165) is 22.4 Å². The molecule has 1 aliphatic heterocycles. The van der Waals surface area contributed by atoms with Crippen molar-refractivity contribution in [3.8, 4) is 5.75 Å². The minimum atomic E-state index is -3.71. The summed E-state index contributed by atoms with van der Waals surface area (Å²) in [7, 11) is -3.71. The van der Waals surface area contributed by atoms with Crippen molar-refractivity contribution in [1.82, 2.24) is 9.21 Å². The van der Waals surface area contributed by atoms with Crippen molar-refractivity contribution in [2.75, 3.05) is 26.2 Å². The molecule has 146 valence electrons. The van der Waals surface area contributed by atoms with E-state index in [-0.39, 0.29) is 10.6 Å². The lowest BCUT2D eigenvalue weighted by atomic mass is 10.0. The number of piperazine rings is 1. The molecule has 1 heterocycles. The monoisotopic (exact) mass is 400 g/mol. The van der Waals surface area contributed by atoms with Crippen LogP contribution >= 0.6 is 0 Å². The van der Waals surface area contributed by atoms with Gasteiger partial charge in [0.05, 0.1) is 4.90 Å². The third kappa shape index (κ3) is 3.61. The molecule has 0 amide bonds. The van der Waals surface area contributed by atoms with E-state index in [1.54, 1.807) is 6.07 Å². The van der Waals surface area contributed by atoms with E-state index in [1.807, 2.05) is 30.3 Å². The summed E-state index contributed by atoms with van der Waals surface area (Å²) in [5.74, 6) is -0.320. The molecular formula is C21H21FN2O3S. The highest BCUT2D eigenvalue weighted by molar-refractivity contribution is 7.89. The maximum atomic E-state index is 13.4. The largest absolute Gasteiger partial charge is 0.508 e. The van der Waals surface area contributed by atoms with Crippen molar-refractivity contribution in [2.24, 2.45) is 0 Å². The zero-order valence-corrected chi connectivity index (χ0v) is 16.1. The summed E-state index contributed by atoms with van der Waals surface area (Å²) in [6, 6.07) is 16.6. The molecule has 0 spiro atoms. The SMILES string of the molecule is O=S(=O)(c1cccc(F)c1)N1CCN(Cc2c(O)ccc3ccccc23)CC1. The van der Waals surface area contributed by atoms with Crippen LogP contribution in [-0.2, 0) is 16.6 Å². The summed E-state index contributed by atoms with van der Waals surface area (Å²) >= 11 is 0. The number of rotatable bonds is 4. The van der Waals surface area contributed by atoms with Crippen molar-refractivity contribution < 1.29 is 17.9 Å². The van der Waals surface area contributed by atoms with Gasteiger partial charge < -0.3 is 5.11 Å². The van der Waals surface area contributed by atoms with Gasteiger partial charge in [0.2, 0.25) is 10.0 Å². The van der Waals surface area contributed by atoms with Crippen molar-refractivity contribution >= 4 is 20.8 Å². The number of halogens is 1. The lowest BCUT2D eigenvalue weighted by Crippen LogP contribution is -2.48. The number of hydrogen-bond acceptors (Lipinski definition) is 4. The maximum absolute atomic E-state index is 13.4. The molecule has 1 fully saturated rings. The fraction of sp³-hybridized carbons (Fsp3) is 0.238. The van der Waals surface area contributed by atoms with Crippen molar-refractivity contribution in [1.29, 1.82) is 0 Å². The number of benzene rings is 3. The number of fused-ring (bicyclic) bond motifs is 1. The molecule has 1 aliphatic rings. The summed E-state index contributed by atoms with van der Waals surface area (Å²) in [6.45, 7) is 2.27. The summed E-state index contributed by atoms with van der Waals surface area (Å²) < 4.78 is 40.3. The van der Waals surface area contributed by atoms with Crippen LogP contribution < -0.4 is 0 Å². The van der Waals surface area contributed by atoms with Gasteiger partial charge in [-0.1, -0.05) is 36.4 Å². The molecule has 0 atom stereocenters. The Balaban J connectivity index is 1.49. The highest BCUT2D eigenvalue weighted by atomic mass is 32.2. The lowest BCUT2D eigenvalue weighted by Gasteiger charge is -2.34. The summed E-state index contributed by atoms with van der Waals surface area (Å²) in [5.41, 5.74) is 0.847. The van der Waals surface area contributed by atoms with Crippen LogP contribution in [0, 0.1) is 5.82 Å². The normalized spacial score (nSPS) is 16.5. The van der Waals surface area contributed by atoms with Crippen LogP contribution in [0.1, 0.15) is 5.56 Å². The predicted molar refractivity (Wildman–Crippen MR) is 106 cm³/mol. The molecule has 0 aromatic heterocycles. The van der Waals surface area contributed by atoms with Gasteiger partial charge in [-0.05, 0) is 35.0 Å². The Kier molecular flexibility index (Phi) is 5.05. The average molecular weight is 400 g/mol. The number of sulfonamides is 1. The molecule has 0 aliphatic carbocycles. The average Bonchev–Trinajstić information content (AvgIpc) is 2.70. The van der Waals surface area contributed by atoms with Gasteiger partial charge in [-0.25, -0.2) is 12.8 Å². The van der Waals surface area contributed by atoms with Crippen LogP contribution in [0.4, 0.5) is 4.39 Å². The molecule has 5 nitrogen and oxygen atoms in total. The van der Waals surface area contributed by atoms with E-state index in [0.29, 0.717) is 32.7 Å². The van der Waals surface area contributed by atoms with Crippen LogP contribution in [0.15, 0.2) is 65.6 Å². The first-order chi connectivity index (χ1) is 13.4. The van der Waals surface area contributed by atoms with Crippen LogP contribution in [0.3, 0.4) is 0 Å². The minimum absolute atomic E-state index is 0.0207. The lowest BCUT2D eigenvalue weighted by molar-refractivity contribution is 0.180. The fourth-order valence-corrected chi connectivity index (χ4v) is 5.07. The Morgan fingerprint density at radius 3 is 2.43 bits per heavy atom. The molecule has 7 heteroatoms. The standard InChI is InChI=1S/C21H21FN2O3S/c22-17-5-3-6-18(14-17)28(26,27)24-12-10-23(11-13-24)15-20-19-7-2-1-4-16(19)8-9-21(20)25/h1-9,14,25H,10-13,15H2. The molecular weight excluding hydrogens is 379 g/mol. The molecule has 1 N–H and O–H groups in total. The van der Waals surface area contributed by atoms with E-state index >= 15 is 0 Å². The second-order valence-electron chi connectivity index (χ2n) is 6.92. The molecule has 0 radical (unpaired) electrons. The smallest absolute Gasteiger partial charge is 0.243 e. The molecule has 3 aromatic rings. The van der Waals surface area contributed by atoms with Gasteiger partial charge in [-0.2, -0.15) is 4.31 Å². The highest BCUT2D eigenvalue weighted by Crippen LogP contribution is 2.29. The Morgan fingerprint density at radius 2 is 1.68 bits per heavy atom. The molecule has 0 saturated carbocycles. The van der Waals surface area contributed by atoms with Crippen LogP contribution in [-0.4, -0.2) is 48.9 Å². The van der Waals surface area contributed by atoms with Gasteiger partial charge in [0.15, 0.2) is 0 Å². The molecule has 0 bridgehead atoms. The predicted octanol–water partition coefficient (Wildman–Crippen LogP) is 3.19. The quantitative estimate of drug-likeness (QED) is 0.731. The summed E-state index contributed by atoms with van der Waals surface area (Å²) in [4.78, 5) is 2.10. The molecule has 28 heavy (non-hydrogen) atoms. The first-order valence-corrected chi connectivity index (χ1v) is 10.6. The second-order valence-corrected chi connectivity index (χ2v) is 8.86. The summed E-state index contributed by atoms with van der Waals surface area (Å²) in [5, 5.41) is 12.4. The molecule has 1 saturated heterocycles. The number of hydrogen-bond donors (Lipinski definition) is 1. The highest BCUT2D eigenvalue weighted by Gasteiger charge is 2.29. The third-order valence-electron chi connectivity index (χ3n) is 5.16. The Bertz CT molecular complexity index is 1110. The van der Waals surface area contributed by atoms with E-state index in [9.17, 15) is 17.9 Å². The van der Waals surface area contributed by atoms with Gasteiger partial charge in [0.25, 0.3) is 0 Å². The van der Waals surface area contributed by atoms with Gasteiger partial charge in [0, 0.05) is 38.3 Å². The Labute approximate surface area is 163 Å². The number of nitrogens with zero attached hydrogens (tertiary/aromatic N) is 2. The van der Waals surface area contributed by atoms with Crippen molar-refractivity contribution in [3.63, 3.8) is 0 Å². The van der Waals surface area contributed by atoms with E-state index in [2.05, 4.69) is 4.90 Å². The summed E-state index contributed by atoms with van der Waals surface area (Å²) in [6.07, 6.45) is 0. The second kappa shape index (κ2) is 7.50.